The molecule has 0 aromatic carbocycles. The van der Waals surface area contributed by atoms with Gasteiger partial charge in [0.1, 0.15) is 6.61 Å². The number of ether oxygens (including phenoxy) is 1. The van der Waals surface area contributed by atoms with E-state index in [-0.39, 0.29) is 49.8 Å². The number of nitrogens with two attached hydrogens (primary N) is 1. The summed E-state index contributed by atoms with van der Waals surface area (Å²) < 4.78 is 4.59. The molecule has 0 radical (unpaired) electrons. The Morgan fingerprint density at radius 2 is 1.83 bits per heavy atom. The van der Waals surface area contributed by atoms with Crippen molar-refractivity contribution in [2.45, 2.75) is 6.92 Å². The first-order chi connectivity index (χ1) is 4.18. The number of rotatable bonds is 3. The van der Waals surface area contributed by atoms with E-state index in [0.29, 0.717) is 12.1 Å². The van der Waals surface area contributed by atoms with Crippen molar-refractivity contribution in [1.82, 2.24) is 0 Å². The Kier molecular flexibility index (Phi) is 25.8. The highest BCUT2D eigenvalue weighted by Gasteiger charge is 1.99. The van der Waals surface area contributed by atoms with Gasteiger partial charge < -0.3 is 10.5 Å². The van der Waals surface area contributed by atoms with Gasteiger partial charge in [0.05, 0.1) is 0 Å². The summed E-state index contributed by atoms with van der Waals surface area (Å²) in [5, 5.41) is 0. The van der Waals surface area contributed by atoms with Crippen LogP contribution in [0.2, 0.25) is 0 Å². The molecule has 0 aromatic rings. The van der Waals surface area contributed by atoms with Crippen LogP contribution in [0.3, 0.4) is 0 Å². The summed E-state index contributed by atoms with van der Waals surface area (Å²) in [5.74, 6) is -0.375. The Hall–Kier alpha value is 0.0400. The van der Waals surface area contributed by atoms with Crippen LogP contribution < -0.4 is 5.73 Å². The van der Waals surface area contributed by atoms with E-state index in [9.17, 15) is 4.79 Å². The second kappa shape index (κ2) is 13.6. The van der Waals surface area contributed by atoms with E-state index in [4.69, 9.17) is 5.73 Å². The normalized spacial score (nSPS) is 6.50. The second-order valence-electron chi connectivity index (χ2n) is 1.70. The van der Waals surface area contributed by atoms with Crippen LogP contribution in [0.5, 0.6) is 0 Å². The number of hydrogen-bond donors (Lipinski definition) is 1. The summed E-state index contributed by atoms with van der Waals surface area (Å²) in [5.41, 5.74) is 5.48. The zero-order valence-corrected chi connectivity index (χ0v) is 9.19. The summed E-state index contributed by atoms with van der Waals surface area (Å²) in [6.45, 7) is 5.62. The number of hydrogen-bond acceptors (Lipinski definition) is 3. The van der Waals surface area contributed by atoms with E-state index in [1.165, 1.54) is 0 Å². The van der Waals surface area contributed by atoms with Crippen molar-refractivity contribution < 1.29 is 9.53 Å². The highest BCUT2D eigenvalue weighted by atomic mass is 35.5. The maximum atomic E-state index is 10.5. The minimum absolute atomic E-state index is 0. The molecule has 6 heteroatoms. The topological polar surface area (TPSA) is 52.3 Å². The Bertz CT molecular complexity index is 130. The molecule has 0 aliphatic rings. The molecule has 0 unspecified atom stereocenters. The van der Waals surface area contributed by atoms with Crippen molar-refractivity contribution in [1.29, 1.82) is 0 Å². The van der Waals surface area contributed by atoms with E-state index in [1.807, 2.05) is 0 Å². The van der Waals surface area contributed by atoms with Crippen LogP contribution in [-0.4, -0.2) is 19.1 Å². The summed E-state index contributed by atoms with van der Waals surface area (Å²) in [7, 11) is 0. The highest BCUT2D eigenvalue weighted by Crippen LogP contribution is 1.89. The predicted octanol–water partition coefficient (Wildman–Crippen LogP) is 1.33. The van der Waals surface area contributed by atoms with Crippen LogP contribution >= 0.6 is 37.2 Å². The first-order valence-corrected chi connectivity index (χ1v) is 2.71. The quantitative estimate of drug-likeness (QED) is 0.596. The minimum atomic E-state index is -0.375. The zero-order valence-electron chi connectivity index (χ0n) is 6.74. The van der Waals surface area contributed by atoms with Crippen LogP contribution in [0.15, 0.2) is 12.2 Å². The van der Waals surface area contributed by atoms with Gasteiger partial charge in [-0.2, -0.15) is 0 Å². The second-order valence-corrected chi connectivity index (χ2v) is 1.70. The fourth-order valence-corrected chi connectivity index (χ4v) is 0.275. The molecular formula is C6H14Cl3NO2. The lowest BCUT2D eigenvalue weighted by molar-refractivity contribution is -0.138. The minimum Gasteiger partial charge on any atom is -0.461 e. The summed E-state index contributed by atoms with van der Waals surface area (Å²) in [6, 6.07) is 0. The van der Waals surface area contributed by atoms with Crippen LogP contribution in [0.4, 0.5) is 0 Å². The molecule has 0 saturated carbocycles. The molecule has 0 amide bonds. The van der Waals surface area contributed by atoms with Crippen LogP contribution in [0.1, 0.15) is 6.92 Å². The van der Waals surface area contributed by atoms with Crippen molar-refractivity contribution in [2.75, 3.05) is 13.2 Å². The third kappa shape index (κ3) is 12.7. The molecule has 0 aliphatic heterocycles. The molecule has 76 valence electrons. The monoisotopic (exact) mass is 237 g/mol. The molecule has 12 heavy (non-hydrogen) atoms. The van der Waals surface area contributed by atoms with E-state index < -0.39 is 0 Å². The lowest BCUT2D eigenvalue weighted by Gasteiger charge is -1.99. The molecule has 0 rings (SSSR count). The lowest BCUT2D eigenvalue weighted by Crippen LogP contribution is -2.13. The molecule has 0 atom stereocenters. The Morgan fingerprint density at radius 3 is 2.08 bits per heavy atom. The van der Waals surface area contributed by atoms with Crippen molar-refractivity contribution in [2.24, 2.45) is 5.73 Å². The largest absolute Gasteiger partial charge is 0.461 e. The van der Waals surface area contributed by atoms with Gasteiger partial charge in [-0.05, 0) is 6.92 Å². The number of esters is 1. The van der Waals surface area contributed by atoms with E-state index in [1.54, 1.807) is 6.92 Å². The van der Waals surface area contributed by atoms with Gasteiger partial charge in [0.15, 0.2) is 0 Å². The summed E-state index contributed by atoms with van der Waals surface area (Å²) in [6.07, 6.45) is 0. The zero-order chi connectivity index (χ0) is 7.28. The Morgan fingerprint density at radius 1 is 1.42 bits per heavy atom. The lowest BCUT2D eigenvalue weighted by atomic mass is 10.4. The van der Waals surface area contributed by atoms with Gasteiger partial charge >= 0.3 is 5.97 Å². The van der Waals surface area contributed by atoms with Crippen molar-refractivity contribution >= 4 is 43.2 Å². The average Bonchev–Trinajstić information content (AvgIpc) is 1.82. The van der Waals surface area contributed by atoms with Crippen LogP contribution in [-0.2, 0) is 9.53 Å². The van der Waals surface area contributed by atoms with Crippen LogP contribution in [0, 0.1) is 0 Å². The number of halogens is 3. The summed E-state index contributed by atoms with van der Waals surface area (Å²) in [4.78, 5) is 10.5. The molecule has 2 N–H and O–H groups in total. The average molecular weight is 239 g/mol. The summed E-state index contributed by atoms with van der Waals surface area (Å²) >= 11 is 0. The Labute approximate surface area is 90.9 Å². The molecule has 0 aliphatic carbocycles. The standard InChI is InChI=1S/C6H11NO2.3ClH/c1-5(2)6(8)9-4-3-7;;;/h1,3-4,7H2,2H3;3*1H. The maximum absolute atomic E-state index is 10.5. The molecule has 0 bridgehead atoms. The highest BCUT2D eigenvalue weighted by molar-refractivity contribution is 5.87. The number of carbonyl (C=O) groups excluding carboxylic acids is 1. The van der Waals surface area contributed by atoms with Gasteiger partial charge in [-0.3, -0.25) is 0 Å². The molecule has 0 saturated heterocycles. The van der Waals surface area contributed by atoms with Gasteiger partial charge in [-0.25, -0.2) is 4.79 Å². The fraction of sp³-hybridized carbons (Fsp3) is 0.500. The van der Waals surface area contributed by atoms with E-state index >= 15 is 0 Å². The molecule has 0 aromatic heterocycles. The third-order valence-electron chi connectivity index (χ3n) is 0.699. The van der Waals surface area contributed by atoms with E-state index in [0.717, 1.165) is 0 Å². The molecule has 0 spiro atoms. The molecule has 3 nitrogen and oxygen atoms in total. The predicted molar refractivity (Wildman–Crippen MR) is 56.6 cm³/mol. The van der Waals surface area contributed by atoms with Crippen molar-refractivity contribution in [3.63, 3.8) is 0 Å². The number of carbonyl (C=O) groups is 1. The third-order valence-corrected chi connectivity index (χ3v) is 0.699. The first-order valence-electron chi connectivity index (χ1n) is 2.71. The SMILES string of the molecule is C=C(C)C(=O)OCCN.Cl.Cl.Cl. The van der Waals surface area contributed by atoms with Gasteiger partial charge in [-0.15, -0.1) is 37.2 Å². The molecule has 0 fully saturated rings. The molecular weight excluding hydrogens is 224 g/mol. The fourth-order valence-electron chi connectivity index (χ4n) is 0.275. The Balaban J connectivity index is -0.000000107. The van der Waals surface area contributed by atoms with Crippen molar-refractivity contribution in [3.8, 4) is 0 Å². The molecule has 0 heterocycles. The van der Waals surface area contributed by atoms with Gasteiger partial charge in [0.2, 0.25) is 0 Å². The maximum Gasteiger partial charge on any atom is 0.333 e. The van der Waals surface area contributed by atoms with Gasteiger partial charge in [0.25, 0.3) is 0 Å². The van der Waals surface area contributed by atoms with Crippen LogP contribution in [0.25, 0.3) is 0 Å². The van der Waals surface area contributed by atoms with Gasteiger partial charge in [0, 0.05) is 12.1 Å². The smallest absolute Gasteiger partial charge is 0.333 e. The van der Waals surface area contributed by atoms with Gasteiger partial charge in [-0.1, -0.05) is 6.58 Å². The van der Waals surface area contributed by atoms with Crippen molar-refractivity contribution in [3.05, 3.63) is 12.2 Å². The first kappa shape index (κ1) is 22.7. The van der Waals surface area contributed by atoms with E-state index in [2.05, 4.69) is 11.3 Å².